The van der Waals surface area contributed by atoms with Crippen molar-refractivity contribution in [3.63, 3.8) is 0 Å². The molecule has 2 aromatic carbocycles. The van der Waals surface area contributed by atoms with Gasteiger partial charge in [-0.05, 0) is 47.9 Å². The third-order valence-electron chi connectivity index (χ3n) is 2.98. The molecule has 0 spiro atoms. The third kappa shape index (κ3) is 4.10. The quantitative estimate of drug-likeness (QED) is 0.900. The van der Waals surface area contributed by atoms with Gasteiger partial charge in [-0.1, -0.05) is 34.1 Å². The number of hydrogen-bond donors (Lipinski definition) is 1. The van der Waals surface area contributed by atoms with Crippen molar-refractivity contribution in [3.8, 4) is 5.75 Å². The van der Waals surface area contributed by atoms with Gasteiger partial charge in [0.05, 0.1) is 6.42 Å². The summed E-state index contributed by atoms with van der Waals surface area (Å²) in [4.78, 5) is 10.6. The molecule has 2 aromatic rings. The zero-order chi connectivity index (χ0) is 14.5. The number of benzene rings is 2. The van der Waals surface area contributed by atoms with Crippen LogP contribution in [0.3, 0.4) is 0 Å². The van der Waals surface area contributed by atoms with Crippen LogP contribution >= 0.6 is 15.9 Å². The lowest BCUT2D eigenvalue weighted by molar-refractivity contribution is -0.136. The normalized spacial score (nSPS) is 10.3. The van der Waals surface area contributed by atoms with Gasteiger partial charge in [-0.2, -0.15) is 0 Å². The highest BCUT2D eigenvalue weighted by Gasteiger charge is 2.03. The minimum absolute atomic E-state index is 0.0338. The van der Waals surface area contributed by atoms with Crippen molar-refractivity contribution in [3.05, 3.63) is 63.6 Å². The number of hydrogen-bond acceptors (Lipinski definition) is 2. The van der Waals surface area contributed by atoms with Crippen molar-refractivity contribution >= 4 is 21.9 Å². The van der Waals surface area contributed by atoms with Crippen LogP contribution in [0.1, 0.15) is 16.7 Å². The van der Waals surface area contributed by atoms with Gasteiger partial charge in [0.25, 0.3) is 0 Å². The Morgan fingerprint density at radius 3 is 2.50 bits per heavy atom. The topological polar surface area (TPSA) is 46.5 Å². The zero-order valence-electron chi connectivity index (χ0n) is 11.1. The van der Waals surface area contributed by atoms with Crippen LogP contribution in [0, 0.1) is 6.92 Å². The number of rotatable bonds is 5. The summed E-state index contributed by atoms with van der Waals surface area (Å²) in [5, 5.41) is 8.71. The average molecular weight is 335 g/mol. The van der Waals surface area contributed by atoms with Gasteiger partial charge < -0.3 is 9.84 Å². The van der Waals surface area contributed by atoms with Crippen molar-refractivity contribution < 1.29 is 14.6 Å². The maximum Gasteiger partial charge on any atom is 0.307 e. The molecule has 0 aliphatic heterocycles. The maximum atomic E-state index is 10.6. The molecule has 0 aromatic heterocycles. The summed E-state index contributed by atoms with van der Waals surface area (Å²) in [7, 11) is 0. The van der Waals surface area contributed by atoms with E-state index >= 15 is 0 Å². The van der Waals surface area contributed by atoms with Crippen LogP contribution in [-0.2, 0) is 17.8 Å². The van der Waals surface area contributed by atoms with E-state index < -0.39 is 5.97 Å². The van der Waals surface area contributed by atoms with E-state index in [1.54, 1.807) is 24.3 Å². The van der Waals surface area contributed by atoms with Crippen molar-refractivity contribution in [2.24, 2.45) is 0 Å². The molecule has 20 heavy (non-hydrogen) atoms. The molecule has 4 heteroatoms. The van der Waals surface area contributed by atoms with Gasteiger partial charge in [0.2, 0.25) is 0 Å². The van der Waals surface area contributed by atoms with Crippen LogP contribution in [0.2, 0.25) is 0 Å². The minimum Gasteiger partial charge on any atom is -0.489 e. The lowest BCUT2D eigenvalue weighted by Gasteiger charge is -2.09. The van der Waals surface area contributed by atoms with E-state index in [0.717, 1.165) is 21.3 Å². The second-order valence-corrected chi connectivity index (χ2v) is 5.49. The van der Waals surface area contributed by atoms with Crippen molar-refractivity contribution in [2.75, 3.05) is 0 Å². The molecule has 0 bridgehead atoms. The smallest absolute Gasteiger partial charge is 0.307 e. The summed E-state index contributed by atoms with van der Waals surface area (Å²) in [5.74, 6) is -0.0920. The number of ether oxygens (including phenoxy) is 1. The number of carbonyl (C=O) groups is 1. The van der Waals surface area contributed by atoms with Gasteiger partial charge in [0.15, 0.2) is 0 Å². The Bertz CT molecular complexity index is 606. The monoisotopic (exact) mass is 334 g/mol. The Labute approximate surface area is 126 Å². The summed E-state index contributed by atoms with van der Waals surface area (Å²) in [6.07, 6.45) is 0.0338. The lowest BCUT2D eigenvalue weighted by Crippen LogP contribution is -2.00. The van der Waals surface area contributed by atoms with E-state index in [1.165, 1.54) is 5.56 Å². The molecule has 0 heterocycles. The Morgan fingerprint density at radius 1 is 1.20 bits per heavy atom. The Hall–Kier alpha value is -1.81. The fourth-order valence-corrected chi connectivity index (χ4v) is 2.34. The zero-order valence-corrected chi connectivity index (χ0v) is 12.7. The van der Waals surface area contributed by atoms with Crippen LogP contribution < -0.4 is 4.74 Å². The summed E-state index contributed by atoms with van der Waals surface area (Å²) in [6, 6.07) is 13.2. The van der Waals surface area contributed by atoms with Gasteiger partial charge in [-0.15, -0.1) is 0 Å². The standard InChI is InChI=1S/C16H15BrO3/c1-11-8-14(17)5-4-13(11)10-20-15-6-2-12(3-7-15)9-16(18)19/h2-8H,9-10H2,1H3,(H,18,19). The number of halogens is 1. The van der Waals surface area contributed by atoms with Crippen LogP contribution in [0.15, 0.2) is 46.9 Å². The fraction of sp³-hybridized carbons (Fsp3) is 0.188. The Morgan fingerprint density at radius 2 is 1.90 bits per heavy atom. The van der Waals surface area contributed by atoms with Gasteiger partial charge in [0, 0.05) is 4.47 Å². The van der Waals surface area contributed by atoms with Gasteiger partial charge in [-0.3, -0.25) is 4.79 Å². The first-order chi connectivity index (χ1) is 9.54. The number of aryl methyl sites for hydroxylation is 1. The molecular weight excluding hydrogens is 320 g/mol. The highest BCUT2D eigenvalue weighted by Crippen LogP contribution is 2.19. The summed E-state index contributed by atoms with van der Waals surface area (Å²) < 4.78 is 6.76. The fourth-order valence-electron chi connectivity index (χ4n) is 1.86. The number of carboxylic acid groups (broad SMARTS) is 1. The van der Waals surface area contributed by atoms with Crippen LogP contribution in [-0.4, -0.2) is 11.1 Å². The molecule has 0 radical (unpaired) electrons. The molecule has 2 rings (SSSR count). The SMILES string of the molecule is Cc1cc(Br)ccc1COc1ccc(CC(=O)O)cc1. The van der Waals surface area contributed by atoms with Crippen molar-refractivity contribution in [1.29, 1.82) is 0 Å². The van der Waals surface area contributed by atoms with E-state index in [9.17, 15) is 4.79 Å². The molecule has 3 nitrogen and oxygen atoms in total. The van der Waals surface area contributed by atoms with E-state index in [2.05, 4.69) is 22.0 Å². The highest BCUT2D eigenvalue weighted by molar-refractivity contribution is 9.10. The first-order valence-electron chi connectivity index (χ1n) is 6.23. The second kappa shape index (κ2) is 6.57. The summed E-state index contributed by atoms with van der Waals surface area (Å²) in [6.45, 7) is 2.54. The van der Waals surface area contributed by atoms with Gasteiger partial charge in [-0.25, -0.2) is 0 Å². The highest BCUT2D eigenvalue weighted by atomic mass is 79.9. The van der Waals surface area contributed by atoms with Crippen LogP contribution in [0.4, 0.5) is 0 Å². The first kappa shape index (κ1) is 14.6. The van der Waals surface area contributed by atoms with Crippen molar-refractivity contribution in [1.82, 2.24) is 0 Å². The number of carboxylic acids is 1. The Balaban J connectivity index is 1.98. The maximum absolute atomic E-state index is 10.6. The Kier molecular flexibility index (Phi) is 4.79. The average Bonchev–Trinajstić information content (AvgIpc) is 2.39. The van der Waals surface area contributed by atoms with E-state index in [-0.39, 0.29) is 6.42 Å². The third-order valence-corrected chi connectivity index (χ3v) is 3.47. The van der Waals surface area contributed by atoms with Crippen LogP contribution in [0.5, 0.6) is 5.75 Å². The summed E-state index contributed by atoms with van der Waals surface area (Å²) in [5.41, 5.74) is 3.06. The largest absolute Gasteiger partial charge is 0.489 e. The van der Waals surface area contributed by atoms with Gasteiger partial charge >= 0.3 is 5.97 Å². The molecular formula is C16H15BrO3. The molecule has 0 saturated heterocycles. The summed E-state index contributed by atoms with van der Waals surface area (Å²) >= 11 is 3.43. The van der Waals surface area contributed by atoms with E-state index in [4.69, 9.17) is 9.84 Å². The van der Waals surface area contributed by atoms with Gasteiger partial charge in [0.1, 0.15) is 12.4 Å². The molecule has 104 valence electrons. The van der Waals surface area contributed by atoms with Crippen molar-refractivity contribution in [2.45, 2.75) is 20.0 Å². The molecule has 0 amide bonds. The predicted molar refractivity (Wildman–Crippen MR) is 81.0 cm³/mol. The molecule has 0 atom stereocenters. The molecule has 0 fully saturated rings. The van der Waals surface area contributed by atoms with E-state index in [0.29, 0.717) is 6.61 Å². The molecule has 1 N–H and O–H groups in total. The second-order valence-electron chi connectivity index (χ2n) is 4.57. The predicted octanol–water partition coefficient (Wildman–Crippen LogP) is 3.96. The molecule has 0 aliphatic carbocycles. The molecule has 0 unspecified atom stereocenters. The van der Waals surface area contributed by atoms with Crippen LogP contribution in [0.25, 0.3) is 0 Å². The molecule has 0 saturated carbocycles. The number of aliphatic carboxylic acids is 1. The lowest BCUT2D eigenvalue weighted by atomic mass is 10.1. The first-order valence-corrected chi connectivity index (χ1v) is 7.02. The minimum atomic E-state index is -0.829. The van der Waals surface area contributed by atoms with E-state index in [1.807, 2.05) is 19.1 Å². The molecule has 0 aliphatic rings.